The molecule has 1 saturated carbocycles. The number of hydrogen-bond donors (Lipinski definition) is 2. The van der Waals surface area contributed by atoms with Crippen molar-refractivity contribution in [2.45, 2.75) is 43.8 Å². The molecule has 1 aliphatic heterocycles. The molecule has 0 aromatic heterocycles. The van der Waals surface area contributed by atoms with Crippen LogP contribution in [0.1, 0.15) is 37.7 Å². The van der Waals surface area contributed by atoms with Crippen molar-refractivity contribution in [2.24, 2.45) is 0 Å². The van der Waals surface area contributed by atoms with E-state index in [0.717, 1.165) is 57.6 Å². The summed E-state index contributed by atoms with van der Waals surface area (Å²) >= 11 is 0. The predicted molar refractivity (Wildman–Crippen MR) is 92.9 cm³/mol. The number of nitrogens with one attached hydrogen (secondary N) is 1. The van der Waals surface area contributed by atoms with E-state index in [0.29, 0.717) is 12.1 Å². The third-order valence-electron chi connectivity index (χ3n) is 5.25. The number of hydrogen-bond acceptors (Lipinski definition) is 5. The predicted octanol–water partition coefficient (Wildman–Crippen LogP) is 1.91. The van der Waals surface area contributed by atoms with Crippen molar-refractivity contribution >= 4 is 0 Å². The Morgan fingerprint density at radius 2 is 1.83 bits per heavy atom. The van der Waals surface area contributed by atoms with E-state index in [1.807, 2.05) is 12.1 Å². The maximum atomic E-state index is 11.0. The Morgan fingerprint density at radius 1 is 1.17 bits per heavy atom. The lowest BCUT2D eigenvalue weighted by Crippen LogP contribution is -2.56. The summed E-state index contributed by atoms with van der Waals surface area (Å²) in [4.78, 5) is 2.32. The number of nitriles is 1. The minimum absolute atomic E-state index is 0.494. The van der Waals surface area contributed by atoms with E-state index in [-0.39, 0.29) is 0 Å². The molecule has 0 radical (unpaired) electrons. The zero-order valence-electron chi connectivity index (χ0n) is 14.2. The first-order chi connectivity index (χ1) is 11.7. The first-order valence-corrected chi connectivity index (χ1v) is 9.02. The fourth-order valence-corrected chi connectivity index (χ4v) is 3.79. The van der Waals surface area contributed by atoms with Crippen molar-refractivity contribution in [3.63, 3.8) is 0 Å². The SMILES string of the molecule is N#Cc1ccc(OC2(C(O)CN3CCNCC3)CCCCC2)cc1. The summed E-state index contributed by atoms with van der Waals surface area (Å²) in [6.45, 7) is 4.58. The number of ether oxygens (including phenoxy) is 1. The fraction of sp³-hybridized carbons (Fsp3) is 0.632. The second kappa shape index (κ2) is 7.98. The van der Waals surface area contributed by atoms with Gasteiger partial charge in [-0.05, 0) is 49.9 Å². The molecule has 0 amide bonds. The Hall–Kier alpha value is -1.61. The van der Waals surface area contributed by atoms with Crippen molar-refractivity contribution in [2.75, 3.05) is 32.7 Å². The summed E-state index contributed by atoms with van der Waals surface area (Å²) in [6, 6.07) is 9.35. The third-order valence-corrected chi connectivity index (χ3v) is 5.25. The maximum Gasteiger partial charge on any atom is 0.136 e. The number of piperazine rings is 1. The number of aliphatic hydroxyl groups excluding tert-OH is 1. The molecule has 0 spiro atoms. The summed E-state index contributed by atoms with van der Waals surface area (Å²) in [5, 5.41) is 23.3. The van der Waals surface area contributed by atoms with Gasteiger partial charge in [0.15, 0.2) is 0 Å². The van der Waals surface area contributed by atoms with Crippen LogP contribution in [-0.2, 0) is 0 Å². The average molecular weight is 329 g/mol. The minimum Gasteiger partial charge on any atom is -0.485 e. The van der Waals surface area contributed by atoms with Crippen LogP contribution in [0.2, 0.25) is 0 Å². The van der Waals surface area contributed by atoms with Crippen molar-refractivity contribution in [1.82, 2.24) is 10.2 Å². The third kappa shape index (κ3) is 4.07. The second-order valence-electron chi connectivity index (χ2n) is 6.93. The molecule has 2 N–H and O–H groups in total. The lowest BCUT2D eigenvalue weighted by Gasteiger charge is -2.43. The van der Waals surface area contributed by atoms with Crippen LogP contribution >= 0.6 is 0 Å². The molecule has 1 aromatic rings. The summed E-state index contributed by atoms with van der Waals surface area (Å²) in [7, 11) is 0. The normalized spacial score (nSPS) is 22.5. The van der Waals surface area contributed by atoms with Gasteiger partial charge in [0.25, 0.3) is 0 Å². The van der Waals surface area contributed by atoms with Crippen molar-refractivity contribution in [1.29, 1.82) is 5.26 Å². The summed E-state index contributed by atoms with van der Waals surface area (Å²) in [5.41, 5.74) is 0.124. The summed E-state index contributed by atoms with van der Waals surface area (Å²) in [5.74, 6) is 0.746. The van der Waals surface area contributed by atoms with E-state index in [9.17, 15) is 5.11 Å². The van der Waals surface area contributed by atoms with Gasteiger partial charge in [-0.15, -0.1) is 0 Å². The number of benzene rings is 1. The molecule has 5 nitrogen and oxygen atoms in total. The molecule has 3 rings (SSSR count). The first kappa shape index (κ1) is 17.2. The highest BCUT2D eigenvalue weighted by molar-refractivity contribution is 5.35. The zero-order valence-corrected chi connectivity index (χ0v) is 14.2. The highest BCUT2D eigenvalue weighted by Crippen LogP contribution is 2.36. The molecule has 1 saturated heterocycles. The zero-order chi connectivity index (χ0) is 16.8. The Labute approximate surface area is 144 Å². The van der Waals surface area contributed by atoms with Crippen LogP contribution in [-0.4, -0.2) is 54.4 Å². The van der Waals surface area contributed by atoms with Crippen LogP contribution < -0.4 is 10.1 Å². The van der Waals surface area contributed by atoms with Gasteiger partial charge >= 0.3 is 0 Å². The second-order valence-corrected chi connectivity index (χ2v) is 6.93. The molecule has 1 unspecified atom stereocenters. The van der Waals surface area contributed by atoms with E-state index < -0.39 is 11.7 Å². The Kier molecular flexibility index (Phi) is 5.72. The largest absolute Gasteiger partial charge is 0.485 e. The number of nitrogens with zero attached hydrogens (tertiary/aromatic N) is 2. The van der Waals surface area contributed by atoms with Crippen LogP contribution in [0.5, 0.6) is 5.75 Å². The molecule has 2 fully saturated rings. The molecular formula is C19H27N3O2. The monoisotopic (exact) mass is 329 g/mol. The van der Waals surface area contributed by atoms with E-state index in [4.69, 9.17) is 10.00 Å². The minimum atomic E-state index is -0.503. The highest BCUT2D eigenvalue weighted by Gasteiger charge is 2.42. The molecular weight excluding hydrogens is 302 g/mol. The molecule has 1 atom stereocenters. The van der Waals surface area contributed by atoms with Gasteiger partial charge in [-0.2, -0.15) is 5.26 Å². The molecule has 0 bridgehead atoms. The van der Waals surface area contributed by atoms with Crippen molar-refractivity contribution < 1.29 is 9.84 Å². The van der Waals surface area contributed by atoms with Crippen molar-refractivity contribution in [3.8, 4) is 11.8 Å². The van der Waals surface area contributed by atoms with Gasteiger partial charge in [-0.3, -0.25) is 4.90 Å². The van der Waals surface area contributed by atoms with E-state index in [1.165, 1.54) is 6.42 Å². The van der Waals surface area contributed by atoms with Crippen LogP contribution in [0.15, 0.2) is 24.3 Å². The van der Waals surface area contributed by atoms with E-state index in [2.05, 4.69) is 16.3 Å². The molecule has 1 heterocycles. The molecule has 130 valence electrons. The van der Waals surface area contributed by atoms with Crippen LogP contribution in [0, 0.1) is 11.3 Å². The lowest BCUT2D eigenvalue weighted by atomic mass is 9.80. The van der Waals surface area contributed by atoms with Gasteiger partial charge in [-0.1, -0.05) is 6.42 Å². The van der Waals surface area contributed by atoms with E-state index >= 15 is 0 Å². The molecule has 2 aliphatic rings. The lowest BCUT2D eigenvalue weighted by molar-refractivity contribution is -0.0889. The van der Waals surface area contributed by atoms with Gasteiger partial charge < -0.3 is 15.2 Å². The molecule has 1 aliphatic carbocycles. The fourth-order valence-electron chi connectivity index (χ4n) is 3.79. The Balaban J connectivity index is 1.71. The van der Waals surface area contributed by atoms with E-state index in [1.54, 1.807) is 12.1 Å². The standard InChI is InChI=1S/C19H27N3O2/c20-14-16-4-6-17(7-5-16)24-19(8-2-1-3-9-19)18(23)15-22-12-10-21-11-13-22/h4-7,18,21,23H,1-3,8-13,15H2. The average Bonchev–Trinajstić information content (AvgIpc) is 2.64. The van der Waals surface area contributed by atoms with Crippen LogP contribution in [0.3, 0.4) is 0 Å². The van der Waals surface area contributed by atoms with Gasteiger partial charge in [0.2, 0.25) is 0 Å². The number of aliphatic hydroxyl groups is 1. The van der Waals surface area contributed by atoms with Crippen LogP contribution in [0.4, 0.5) is 0 Å². The molecule has 5 heteroatoms. The molecule has 24 heavy (non-hydrogen) atoms. The van der Waals surface area contributed by atoms with Gasteiger partial charge in [0.1, 0.15) is 17.5 Å². The van der Waals surface area contributed by atoms with Gasteiger partial charge in [0.05, 0.1) is 11.6 Å². The summed E-state index contributed by atoms with van der Waals surface area (Å²) in [6.07, 6.45) is 4.68. The quantitative estimate of drug-likeness (QED) is 0.864. The Morgan fingerprint density at radius 3 is 2.46 bits per heavy atom. The molecule has 1 aromatic carbocycles. The van der Waals surface area contributed by atoms with Gasteiger partial charge in [-0.25, -0.2) is 0 Å². The first-order valence-electron chi connectivity index (χ1n) is 9.02. The number of rotatable bonds is 5. The topological polar surface area (TPSA) is 68.5 Å². The Bertz CT molecular complexity index is 555. The van der Waals surface area contributed by atoms with Gasteiger partial charge in [0, 0.05) is 32.7 Å². The smallest absolute Gasteiger partial charge is 0.136 e. The summed E-state index contributed by atoms with van der Waals surface area (Å²) < 4.78 is 6.34. The van der Waals surface area contributed by atoms with Crippen molar-refractivity contribution in [3.05, 3.63) is 29.8 Å². The maximum absolute atomic E-state index is 11.0. The van der Waals surface area contributed by atoms with Crippen LogP contribution in [0.25, 0.3) is 0 Å². The number of β-amino-alcohol motifs (C(OH)–C–C–N with tert-alkyl or cyclic N) is 1. The highest BCUT2D eigenvalue weighted by atomic mass is 16.5.